The lowest BCUT2D eigenvalue weighted by molar-refractivity contribution is -0.113. The van der Waals surface area contributed by atoms with E-state index in [1.807, 2.05) is 54.6 Å². The fourth-order valence-corrected chi connectivity index (χ4v) is 3.95. The molecule has 0 atom stereocenters. The summed E-state index contributed by atoms with van der Waals surface area (Å²) in [5, 5.41) is 13.9. The molecule has 0 unspecified atom stereocenters. The molecule has 1 aliphatic rings. The van der Waals surface area contributed by atoms with Gasteiger partial charge in [0.1, 0.15) is 18.1 Å². The molecule has 1 N–H and O–H groups in total. The third-order valence-corrected chi connectivity index (χ3v) is 5.63. The average molecular weight is 445 g/mol. The number of rotatable bonds is 5. The van der Waals surface area contributed by atoms with Crippen LogP contribution in [-0.2, 0) is 11.4 Å². The Hall–Kier alpha value is -4.89. The monoisotopic (exact) mass is 445 g/mol. The van der Waals surface area contributed by atoms with Crippen molar-refractivity contribution in [3.8, 4) is 11.8 Å². The molecule has 164 valence electrons. The van der Waals surface area contributed by atoms with Crippen LogP contribution in [0.25, 0.3) is 16.8 Å². The van der Waals surface area contributed by atoms with E-state index in [4.69, 9.17) is 4.74 Å². The lowest BCUT2D eigenvalue weighted by Crippen LogP contribution is -2.30. The Labute approximate surface area is 196 Å². The van der Waals surface area contributed by atoms with Crippen molar-refractivity contribution in [1.29, 1.82) is 5.26 Å². The largest absolute Gasteiger partial charge is 0.488 e. The zero-order valence-electron chi connectivity index (χ0n) is 18.1. The maximum atomic E-state index is 13.1. The molecule has 0 aromatic heterocycles. The minimum Gasteiger partial charge on any atom is -0.488 e. The summed E-state index contributed by atoms with van der Waals surface area (Å²) in [4.78, 5) is 26.8. The van der Waals surface area contributed by atoms with E-state index < -0.39 is 11.9 Å². The molecule has 3 amide bonds. The standard InChI is InChI=1S/C28H19N3O3/c29-17-20-9-4-5-10-21(20)18-34-26-15-14-19-8-6-7-13-23(19)24(26)16-25-27(32)31(28(33)30-25)22-11-2-1-3-12-22/h1-16H,18H2,(H,30,33)/b25-16+. The highest BCUT2D eigenvalue weighted by atomic mass is 16.5. The van der Waals surface area contributed by atoms with Crippen molar-refractivity contribution in [2.75, 3.05) is 4.90 Å². The van der Waals surface area contributed by atoms with Crippen molar-refractivity contribution in [2.24, 2.45) is 0 Å². The lowest BCUT2D eigenvalue weighted by atomic mass is 10.0. The second kappa shape index (κ2) is 8.93. The number of carbonyl (C=O) groups excluding carboxylic acids is 2. The van der Waals surface area contributed by atoms with E-state index in [2.05, 4.69) is 11.4 Å². The van der Waals surface area contributed by atoms with Gasteiger partial charge in [0, 0.05) is 11.1 Å². The predicted octanol–water partition coefficient (Wildman–Crippen LogP) is 5.39. The van der Waals surface area contributed by atoms with E-state index in [1.54, 1.807) is 42.5 Å². The number of para-hydroxylation sites is 1. The Balaban J connectivity index is 1.55. The Kier molecular flexibility index (Phi) is 5.51. The molecule has 34 heavy (non-hydrogen) atoms. The van der Waals surface area contributed by atoms with Crippen LogP contribution in [0.15, 0.2) is 96.7 Å². The molecule has 0 aliphatic carbocycles. The SMILES string of the molecule is N#Cc1ccccc1COc1ccc2ccccc2c1/C=C1/NC(=O)N(c2ccccc2)C1=O. The van der Waals surface area contributed by atoms with Crippen LogP contribution in [0.3, 0.4) is 0 Å². The highest BCUT2D eigenvalue weighted by Gasteiger charge is 2.35. The van der Waals surface area contributed by atoms with Gasteiger partial charge in [-0.3, -0.25) is 4.79 Å². The van der Waals surface area contributed by atoms with Crippen LogP contribution in [0.1, 0.15) is 16.7 Å². The summed E-state index contributed by atoms with van der Waals surface area (Å²) in [7, 11) is 0. The number of imide groups is 1. The highest BCUT2D eigenvalue weighted by molar-refractivity contribution is 6.28. The van der Waals surface area contributed by atoms with Gasteiger partial charge in [-0.1, -0.05) is 66.7 Å². The van der Waals surface area contributed by atoms with E-state index in [0.29, 0.717) is 22.6 Å². The summed E-state index contributed by atoms with van der Waals surface area (Å²) in [5.74, 6) is 0.101. The fraction of sp³-hybridized carbons (Fsp3) is 0.0357. The van der Waals surface area contributed by atoms with Gasteiger partial charge in [0.15, 0.2) is 0 Å². The third-order valence-electron chi connectivity index (χ3n) is 5.63. The van der Waals surface area contributed by atoms with Crippen LogP contribution in [0, 0.1) is 11.3 Å². The molecule has 5 rings (SSSR count). The number of nitriles is 1. The summed E-state index contributed by atoms with van der Waals surface area (Å²) in [6.45, 7) is 0.189. The zero-order chi connectivity index (χ0) is 23.5. The van der Waals surface area contributed by atoms with Crippen molar-refractivity contribution in [3.05, 3.63) is 113 Å². The normalized spacial score (nSPS) is 14.3. The molecule has 1 aliphatic heterocycles. The number of nitrogens with zero attached hydrogens (tertiary/aromatic N) is 2. The van der Waals surface area contributed by atoms with E-state index in [9.17, 15) is 14.9 Å². The van der Waals surface area contributed by atoms with Crippen molar-refractivity contribution in [1.82, 2.24) is 5.32 Å². The van der Waals surface area contributed by atoms with Crippen LogP contribution in [0.5, 0.6) is 5.75 Å². The first kappa shape index (κ1) is 21.0. The summed E-state index contributed by atoms with van der Waals surface area (Å²) in [6.07, 6.45) is 1.65. The first-order valence-corrected chi connectivity index (χ1v) is 10.7. The number of nitrogens with one attached hydrogen (secondary N) is 1. The van der Waals surface area contributed by atoms with Gasteiger partial charge in [-0.25, -0.2) is 9.69 Å². The van der Waals surface area contributed by atoms with Gasteiger partial charge in [0.2, 0.25) is 0 Å². The summed E-state index contributed by atoms with van der Waals surface area (Å²) in [5.41, 5.74) is 2.63. The lowest BCUT2D eigenvalue weighted by Gasteiger charge is -2.13. The first-order valence-electron chi connectivity index (χ1n) is 10.7. The van der Waals surface area contributed by atoms with Gasteiger partial charge in [-0.2, -0.15) is 5.26 Å². The Bertz CT molecular complexity index is 1490. The van der Waals surface area contributed by atoms with Gasteiger partial charge in [-0.05, 0) is 41.1 Å². The Morgan fingerprint density at radius 2 is 1.62 bits per heavy atom. The Morgan fingerprint density at radius 1 is 0.882 bits per heavy atom. The topological polar surface area (TPSA) is 82.4 Å². The van der Waals surface area contributed by atoms with Gasteiger partial charge >= 0.3 is 6.03 Å². The average Bonchev–Trinajstić information content (AvgIpc) is 3.16. The predicted molar refractivity (Wildman–Crippen MR) is 130 cm³/mol. The van der Waals surface area contributed by atoms with E-state index in [-0.39, 0.29) is 12.3 Å². The van der Waals surface area contributed by atoms with E-state index in [0.717, 1.165) is 21.2 Å². The number of carbonyl (C=O) groups is 2. The highest BCUT2D eigenvalue weighted by Crippen LogP contribution is 2.32. The number of amides is 3. The molecule has 6 nitrogen and oxygen atoms in total. The minimum atomic E-state index is -0.506. The molecular weight excluding hydrogens is 426 g/mol. The molecule has 6 heteroatoms. The van der Waals surface area contributed by atoms with Crippen LogP contribution in [0.4, 0.5) is 10.5 Å². The smallest absolute Gasteiger partial charge is 0.333 e. The van der Waals surface area contributed by atoms with E-state index >= 15 is 0 Å². The third kappa shape index (κ3) is 3.87. The molecular formula is C28H19N3O3. The number of benzene rings is 4. The van der Waals surface area contributed by atoms with Crippen LogP contribution < -0.4 is 15.0 Å². The number of fused-ring (bicyclic) bond motifs is 1. The van der Waals surface area contributed by atoms with E-state index in [1.165, 1.54) is 0 Å². The molecule has 0 radical (unpaired) electrons. The van der Waals surface area contributed by atoms with Crippen LogP contribution >= 0.6 is 0 Å². The van der Waals surface area contributed by atoms with Gasteiger partial charge in [-0.15, -0.1) is 0 Å². The quantitative estimate of drug-likeness (QED) is 0.330. The Morgan fingerprint density at radius 3 is 2.44 bits per heavy atom. The summed E-state index contributed by atoms with van der Waals surface area (Å²) < 4.78 is 6.12. The molecule has 1 heterocycles. The molecule has 1 saturated heterocycles. The first-order chi connectivity index (χ1) is 16.7. The molecule has 0 bridgehead atoms. The van der Waals surface area contributed by atoms with Crippen molar-refractivity contribution in [2.45, 2.75) is 6.61 Å². The van der Waals surface area contributed by atoms with Crippen molar-refractivity contribution >= 4 is 34.5 Å². The van der Waals surface area contributed by atoms with Crippen molar-refractivity contribution in [3.63, 3.8) is 0 Å². The van der Waals surface area contributed by atoms with Gasteiger partial charge in [0.05, 0.1) is 17.3 Å². The maximum absolute atomic E-state index is 13.1. The minimum absolute atomic E-state index is 0.160. The molecule has 1 fully saturated rings. The molecule has 0 saturated carbocycles. The summed E-state index contributed by atoms with van der Waals surface area (Å²) >= 11 is 0. The zero-order valence-corrected chi connectivity index (χ0v) is 18.1. The number of hydrogen-bond donors (Lipinski definition) is 1. The molecule has 4 aromatic rings. The summed E-state index contributed by atoms with van der Waals surface area (Å²) in [6, 6.07) is 29.2. The number of ether oxygens (including phenoxy) is 1. The van der Waals surface area contributed by atoms with Gasteiger partial charge < -0.3 is 10.1 Å². The number of hydrogen-bond acceptors (Lipinski definition) is 4. The van der Waals surface area contributed by atoms with Crippen molar-refractivity contribution < 1.29 is 14.3 Å². The second-order valence-electron chi connectivity index (χ2n) is 7.72. The number of anilines is 1. The van der Waals surface area contributed by atoms with Gasteiger partial charge in [0.25, 0.3) is 5.91 Å². The maximum Gasteiger partial charge on any atom is 0.333 e. The van der Waals surface area contributed by atoms with Crippen LogP contribution in [-0.4, -0.2) is 11.9 Å². The fourth-order valence-electron chi connectivity index (χ4n) is 3.95. The number of urea groups is 1. The van der Waals surface area contributed by atoms with Crippen LogP contribution in [0.2, 0.25) is 0 Å². The molecule has 4 aromatic carbocycles. The second-order valence-corrected chi connectivity index (χ2v) is 7.72. The molecule has 0 spiro atoms.